The third-order valence-electron chi connectivity index (χ3n) is 3.98. The molecule has 4 rings (SSSR count). The van der Waals surface area contributed by atoms with E-state index in [0.29, 0.717) is 6.61 Å². The maximum absolute atomic E-state index is 5.89. The van der Waals surface area contributed by atoms with Crippen molar-refractivity contribution in [2.75, 3.05) is 5.32 Å². The molecule has 26 heavy (non-hydrogen) atoms. The van der Waals surface area contributed by atoms with E-state index < -0.39 is 0 Å². The van der Waals surface area contributed by atoms with E-state index in [0.717, 1.165) is 38.7 Å². The van der Waals surface area contributed by atoms with Crippen molar-refractivity contribution in [2.24, 2.45) is 0 Å². The molecular weight excluding hydrogens is 346 g/mol. The normalized spacial score (nSPS) is 10.7. The lowest BCUT2D eigenvalue weighted by molar-refractivity contribution is 0.306. The molecule has 0 amide bonds. The number of halogens is 1. The molecule has 0 aliphatic heterocycles. The quantitative estimate of drug-likeness (QED) is 0.502. The minimum absolute atomic E-state index is 0.500. The van der Waals surface area contributed by atoms with Gasteiger partial charge in [-0.3, -0.25) is 0 Å². The molecule has 1 heterocycles. The molecule has 0 fully saturated rings. The van der Waals surface area contributed by atoms with Crippen LogP contribution in [0, 0.1) is 0 Å². The van der Waals surface area contributed by atoms with Gasteiger partial charge in [0.1, 0.15) is 24.5 Å². The van der Waals surface area contributed by atoms with Gasteiger partial charge in [-0.1, -0.05) is 35.9 Å². The van der Waals surface area contributed by atoms with Gasteiger partial charge in [0.2, 0.25) is 0 Å². The summed E-state index contributed by atoms with van der Waals surface area (Å²) in [7, 11) is 0. The molecule has 1 aromatic heterocycles. The second kappa shape index (κ2) is 7.42. The van der Waals surface area contributed by atoms with Crippen LogP contribution < -0.4 is 10.1 Å². The number of hydrogen-bond donors (Lipinski definition) is 1. The second-order valence-electron chi connectivity index (χ2n) is 5.80. The van der Waals surface area contributed by atoms with Crippen molar-refractivity contribution in [3.8, 4) is 5.75 Å². The average Bonchev–Trinajstić information content (AvgIpc) is 2.69. The molecule has 1 N–H and O–H groups in total. The van der Waals surface area contributed by atoms with Crippen LogP contribution in [-0.4, -0.2) is 9.97 Å². The van der Waals surface area contributed by atoms with E-state index in [1.54, 1.807) is 6.33 Å². The first-order chi connectivity index (χ1) is 12.8. The third-order valence-corrected chi connectivity index (χ3v) is 4.23. The van der Waals surface area contributed by atoms with Gasteiger partial charge in [-0.05, 0) is 54.1 Å². The monoisotopic (exact) mass is 361 g/mol. The Balaban J connectivity index is 1.45. The minimum Gasteiger partial charge on any atom is -0.489 e. The van der Waals surface area contributed by atoms with E-state index in [1.807, 2.05) is 72.8 Å². The third kappa shape index (κ3) is 3.76. The molecule has 0 unspecified atom stereocenters. The fourth-order valence-corrected chi connectivity index (χ4v) is 2.75. The lowest BCUT2D eigenvalue weighted by atomic mass is 10.2. The van der Waals surface area contributed by atoms with Gasteiger partial charge in [0.05, 0.1) is 5.52 Å². The molecule has 5 heteroatoms. The van der Waals surface area contributed by atoms with Gasteiger partial charge in [0.15, 0.2) is 0 Å². The van der Waals surface area contributed by atoms with Gasteiger partial charge in [-0.2, -0.15) is 0 Å². The van der Waals surface area contributed by atoms with Crippen molar-refractivity contribution in [1.29, 1.82) is 0 Å². The summed E-state index contributed by atoms with van der Waals surface area (Å²) in [4.78, 5) is 8.62. The number of rotatable bonds is 5. The minimum atomic E-state index is 0.500. The summed E-state index contributed by atoms with van der Waals surface area (Å²) in [5, 5.41) is 5.04. The summed E-state index contributed by atoms with van der Waals surface area (Å²) in [5.74, 6) is 1.59. The van der Waals surface area contributed by atoms with Gasteiger partial charge in [0.25, 0.3) is 0 Å². The summed E-state index contributed by atoms with van der Waals surface area (Å²) in [5.41, 5.74) is 2.92. The number of nitrogens with one attached hydrogen (secondary N) is 1. The standard InChI is InChI=1S/C21H16ClN3O/c22-16-7-5-15(6-8-16)13-26-18-11-9-17(10-12-18)25-21-19-3-1-2-4-20(19)23-14-24-21/h1-12,14H,13H2,(H,23,24,25). The highest BCUT2D eigenvalue weighted by Crippen LogP contribution is 2.24. The molecular formula is C21H16ClN3O. The fourth-order valence-electron chi connectivity index (χ4n) is 2.62. The summed E-state index contributed by atoms with van der Waals surface area (Å²) in [6.07, 6.45) is 1.56. The van der Waals surface area contributed by atoms with Crippen molar-refractivity contribution in [3.63, 3.8) is 0 Å². The molecule has 0 aliphatic carbocycles. The first-order valence-corrected chi connectivity index (χ1v) is 8.60. The number of fused-ring (bicyclic) bond motifs is 1. The predicted octanol–water partition coefficient (Wildman–Crippen LogP) is 5.61. The van der Waals surface area contributed by atoms with Gasteiger partial charge in [-0.25, -0.2) is 9.97 Å². The zero-order valence-electron chi connectivity index (χ0n) is 13.9. The van der Waals surface area contributed by atoms with Crippen LogP contribution in [0.1, 0.15) is 5.56 Å². The maximum atomic E-state index is 5.89. The zero-order chi connectivity index (χ0) is 17.8. The van der Waals surface area contributed by atoms with Crippen LogP contribution in [0.25, 0.3) is 10.9 Å². The first kappa shape index (κ1) is 16.4. The zero-order valence-corrected chi connectivity index (χ0v) is 14.6. The van der Waals surface area contributed by atoms with Crippen LogP contribution >= 0.6 is 11.6 Å². The van der Waals surface area contributed by atoms with Crippen LogP contribution in [0.2, 0.25) is 5.02 Å². The molecule has 0 bridgehead atoms. The molecule has 128 valence electrons. The number of hydrogen-bond acceptors (Lipinski definition) is 4. The Morgan fingerprint density at radius 1 is 0.846 bits per heavy atom. The summed E-state index contributed by atoms with van der Waals surface area (Å²) >= 11 is 5.89. The highest BCUT2D eigenvalue weighted by molar-refractivity contribution is 6.30. The van der Waals surface area contributed by atoms with Gasteiger partial charge < -0.3 is 10.1 Å². The molecule has 0 radical (unpaired) electrons. The predicted molar refractivity (Wildman–Crippen MR) is 105 cm³/mol. The van der Waals surface area contributed by atoms with Crippen LogP contribution in [0.3, 0.4) is 0 Å². The maximum Gasteiger partial charge on any atom is 0.141 e. The van der Waals surface area contributed by atoms with Crippen LogP contribution in [0.4, 0.5) is 11.5 Å². The molecule has 0 spiro atoms. The highest BCUT2D eigenvalue weighted by Gasteiger charge is 2.04. The van der Waals surface area contributed by atoms with Crippen LogP contribution in [-0.2, 0) is 6.61 Å². The Hall–Kier alpha value is -3.11. The van der Waals surface area contributed by atoms with E-state index in [4.69, 9.17) is 16.3 Å². The first-order valence-electron chi connectivity index (χ1n) is 8.22. The number of para-hydroxylation sites is 1. The topological polar surface area (TPSA) is 47.0 Å². The van der Waals surface area contributed by atoms with Gasteiger partial charge >= 0.3 is 0 Å². The molecule has 0 aliphatic rings. The van der Waals surface area contributed by atoms with Crippen molar-refractivity contribution >= 4 is 34.0 Å². The van der Waals surface area contributed by atoms with Crippen LogP contribution in [0.15, 0.2) is 79.1 Å². The van der Waals surface area contributed by atoms with E-state index >= 15 is 0 Å². The van der Waals surface area contributed by atoms with E-state index in [2.05, 4.69) is 15.3 Å². The van der Waals surface area contributed by atoms with Crippen molar-refractivity contribution in [1.82, 2.24) is 9.97 Å². The Kier molecular flexibility index (Phi) is 4.67. The van der Waals surface area contributed by atoms with Gasteiger partial charge in [0, 0.05) is 16.1 Å². The Labute approximate surface area is 156 Å². The number of nitrogens with zero attached hydrogens (tertiary/aromatic N) is 2. The van der Waals surface area contributed by atoms with Crippen LogP contribution in [0.5, 0.6) is 5.75 Å². The summed E-state index contributed by atoms with van der Waals surface area (Å²) in [6.45, 7) is 0.500. The molecule has 0 saturated carbocycles. The Bertz CT molecular complexity index is 1010. The molecule has 3 aromatic carbocycles. The van der Waals surface area contributed by atoms with E-state index in [9.17, 15) is 0 Å². The lowest BCUT2D eigenvalue weighted by Crippen LogP contribution is -1.97. The molecule has 0 saturated heterocycles. The molecule has 4 aromatic rings. The van der Waals surface area contributed by atoms with E-state index in [-0.39, 0.29) is 0 Å². The highest BCUT2D eigenvalue weighted by atomic mass is 35.5. The summed E-state index contributed by atoms with van der Waals surface area (Å²) < 4.78 is 5.81. The van der Waals surface area contributed by atoms with E-state index in [1.165, 1.54) is 0 Å². The lowest BCUT2D eigenvalue weighted by Gasteiger charge is -2.10. The largest absolute Gasteiger partial charge is 0.489 e. The number of ether oxygens (including phenoxy) is 1. The van der Waals surface area contributed by atoms with Crippen molar-refractivity contribution < 1.29 is 4.74 Å². The number of anilines is 2. The number of benzene rings is 3. The number of aromatic nitrogens is 2. The fraction of sp³-hybridized carbons (Fsp3) is 0.0476. The molecule has 0 atom stereocenters. The summed E-state index contributed by atoms with van der Waals surface area (Å²) in [6, 6.07) is 23.3. The Morgan fingerprint density at radius 3 is 2.42 bits per heavy atom. The average molecular weight is 362 g/mol. The Morgan fingerprint density at radius 2 is 1.62 bits per heavy atom. The van der Waals surface area contributed by atoms with Crippen molar-refractivity contribution in [3.05, 3.63) is 89.7 Å². The second-order valence-corrected chi connectivity index (χ2v) is 6.24. The smallest absolute Gasteiger partial charge is 0.141 e. The van der Waals surface area contributed by atoms with Crippen molar-refractivity contribution in [2.45, 2.75) is 6.61 Å². The van der Waals surface area contributed by atoms with Gasteiger partial charge in [-0.15, -0.1) is 0 Å². The SMILES string of the molecule is Clc1ccc(COc2ccc(Nc3ncnc4ccccc34)cc2)cc1. The molecule has 4 nitrogen and oxygen atoms in total.